The van der Waals surface area contributed by atoms with Crippen LogP contribution in [0.2, 0.25) is 0 Å². The Morgan fingerprint density at radius 1 is 1.19 bits per heavy atom. The average Bonchev–Trinajstić information content (AvgIpc) is 2.68. The minimum absolute atomic E-state index is 0.0953. The highest BCUT2D eigenvalue weighted by molar-refractivity contribution is 5.95. The van der Waals surface area contributed by atoms with E-state index in [1.54, 1.807) is 17.0 Å². The quantitative estimate of drug-likeness (QED) is 0.744. The number of esters is 1. The second-order valence-corrected chi connectivity index (χ2v) is 6.76. The number of carbonyl (C=O) groups excluding carboxylic acids is 2. The van der Waals surface area contributed by atoms with E-state index in [2.05, 4.69) is 15.9 Å². The molecule has 0 aliphatic carbocycles. The second kappa shape index (κ2) is 8.30. The lowest BCUT2D eigenvalue weighted by Gasteiger charge is -2.42. The van der Waals surface area contributed by atoms with Crippen molar-refractivity contribution in [1.29, 1.82) is 5.26 Å². The molecule has 2 fully saturated rings. The van der Waals surface area contributed by atoms with Gasteiger partial charge in [-0.3, -0.25) is 19.4 Å². The number of piperazine rings is 1. The Bertz CT molecular complexity index is 690. The van der Waals surface area contributed by atoms with Crippen LogP contribution in [0.25, 0.3) is 0 Å². The van der Waals surface area contributed by atoms with Crippen molar-refractivity contribution in [2.45, 2.75) is 18.9 Å². The number of amides is 1. The number of piperidine rings is 1. The number of ether oxygens (including phenoxy) is 1. The van der Waals surface area contributed by atoms with Gasteiger partial charge in [0.05, 0.1) is 31.8 Å². The lowest BCUT2D eigenvalue weighted by Crippen LogP contribution is -2.56. The molecular formula is C19H24N4O3. The van der Waals surface area contributed by atoms with Crippen LogP contribution in [0.5, 0.6) is 0 Å². The number of likely N-dealkylation sites (tertiary alicyclic amines) is 1. The highest BCUT2D eigenvalue weighted by Crippen LogP contribution is 2.22. The van der Waals surface area contributed by atoms with Crippen LogP contribution >= 0.6 is 0 Å². The number of nitrogens with zero attached hydrogens (tertiary/aromatic N) is 4. The van der Waals surface area contributed by atoms with Gasteiger partial charge in [0.15, 0.2) is 0 Å². The molecule has 7 heteroatoms. The second-order valence-electron chi connectivity index (χ2n) is 6.76. The number of nitriles is 1. The van der Waals surface area contributed by atoms with E-state index >= 15 is 0 Å². The van der Waals surface area contributed by atoms with Gasteiger partial charge in [-0.1, -0.05) is 0 Å². The molecule has 3 rings (SSSR count). The summed E-state index contributed by atoms with van der Waals surface area (Å²) in [6.45, 7) is 3.96. The maximum Gasteiger partial charge on any atom is 0.319 e. The van der Waals surface area contributed by atoms with E-state index in [-0.39, 0.29) is 11.9 Å². The maximum atomic E-state index is 12.6. The first-order valence-electron chi connectivity index (χ1n) is 8.94. The molecule has 26 heavy (non-hydrogen) atoms. The number of carbonyl (C=O) groups is 2. The molecule has 0 aromatic heterocycles. The van der Waals surface area contributed by atoms with Crippen molar-refractivity contribution in [3.05, 3.63) is 29.8 Å². The first-order valence-corrected chi connectivity index (χ1v) is 8.94. The third-order valence-corrected chi connectivity index (χ3v) is 5.21. The van der Waals surface area contributed by atoms with Crippen molar-refractivity contribution in [3.63, 3.8) is 0 Å². The molecule has 7 nitrogen and oxygen atoms in total. The molecule has 0 atom stereocenters. The summed E-state index contributed by atoms with van der Waals surface area (Å²) in [7, 11) is 1.41. The predicted molar refractivity (Wildman–Crippen MR) is 96.6 cm³/mol. The van der Waals surface area contributed by atoms with E-state index in [0.717, 1.165) is 38.2 Å². The Labute approximate surface area is 153 Å². The van der Waals surface area contributed by atoms with E-state index < -0.39 is 0 Å². The summed E-state index contributed by atoms with van der Waals surface area (Å²) in [5.74, 6) is -0.104. The fourth-order valence-electron chi connectivity index (χ4n) is 3.68. The molecule has 138 valence electrons. The van der Waals surface area contributed by atoms with Gasteiger partial charge in [-0.2, -0.15) is 5.26 Å². The van der Waals surface area contributed by atoms with Crippen LogP contribution in [0.4, 0.5) is 5.69 Å². The average molecular weight is 356 g/mol. The molecule has 0 saturated carbocycles. The third-order valence-electron chi connectivity index (χ3n) is 5.21. The monoisotopic (exact) mass is 356 g/mol. The lowest BCUT2D eigenvalue weighted by molar-refractivity contribution is -0.142. The SMILES string of the molecule is COC(=O)CN1CCC(N2CCN(c3ccc(C#N)cc3)C(=O)C2)CC1. The van der Waals surface area contributed by atoms with Gasteiger partial charge in [-0.05, 0) is 37.1 Å². The zero-order valence-electron chi connectivity index (χ0n) is 15.1. The summed E-state index contributed by atoms with van der Waals surface area (Å²) in [4.78, 5) is 30.1. The van der Waals surface area contributed by atoms with Crippen molar-refractivity contribution < 1.29 is 14.3 Å². The van der Waals surface area contributed by atoms with Gasteiger partial charge in [0, 0.05) is 37.9 Å². The molecule has 1 amide bonds. The molecule has 0 N–H and O–H groups in total. The van der Waals surface area contributed by atoms with Crippen molar-refractivity contribution in [2.24, 2.45) is 0 Å². The molecule has 0 bridgehead atoms. The predicted octanol–water partition coefficient (Wildman–Crippen LogP) is 0.844. The standard InChI is InChI=1S/C19H24N4O3/c1-26-19(25)14-21-8-6-16(7-9-21)22-10-11-23(18(24)13-22)17-4-2-15(12-20)3-5-17/h2-5,16H,6-11,13-14H2,1H3. The molecular weight excluding hydrogens is 332 g/mol. The van der Waals surface area contributed by atoms with E-state index in [0.29, 0.717) is 31.2 Å². The largest absolute Gasteiger partial charge is 0.468 e. The summed E-state index contributed by atoms with van der Waals surface area (Å²) < 4.78 is 4.72. The number of hydrogen-bond acceptors (Lipinski definition) is 6. The van der Waals surface area contributed by atoms with Crippen LogP contribution in [0.1, 0.15) is 18.4 Å². The number of hydrogen-bond donors (Lipinski definition) is 0. The summed E-state index contributed by atoms with van der Waals surface area (Å²) in [6, 6.07) is 9.62. The minimum Gasteiger partial charge on any atom is -0.468 e. The van der Waals surface area contributed by atoms with Crippen LogP contribution in [0.3, 0.4) is 0 Å². The van der Waals surface area contributed by atoms with Crippen molar-refractivity contribution in [3.8, 4) is 6.07 Å². The molecule has 0 unspecified atom stereocenters. The zero-order valence-corrected chi connectivity index (χ0v) is 15.1. The number of benzene rings is 1. The smallest absolute Gasteiger partial charge is 0.319 e. The maximum absolute atomic E-state index is 12.6. The van der Waals surface area contributed by atoms with Crippen LogP contribution in [0.15, 0.2) is 24.3 Å². The molecule has 1 aromatic carbocycles. The summed E-state index contributed by atoms with van der Waals surface area (Å²) in [6.07, 6.45) is 1.92. The van der Waals surface area contributed by atoms with Crippen LogP contribution in [0, 0.1) is 11.3 Å². The van der Waals surface area contributed by atoms with Crippen molar-refractivity contribution >= 4 is 17.6 Å². The van der Waals surface area contributed by atoms with Crippen molar-refractivity contribution in [2.75, 3.05) is 51.3 Å². The van der Waals surface area contributed by atoms with Gasteiger partial charge in [0.25, 0.3) is 0 Å². The molecule has 2 aliphatic rings. The first-order chi connectivity index (χ1) is 12.6. The topological polar surface area (TPSA) is 76.9 Å². The highest BCUT2D eigenvalue weighted by Gasteiger charge is 2.31. The normalized spacial score (nSPS) is 20.0. The molecule has 1 aromatic rings. The van der Waals surface area contributed by atoms with Gasteiger partial charge < -0.3 is 9.64 Å². The molecule has 2 saturated heterocycles. The number of methoxy groups -OCH3 is 1. The Kier molecular flexibility index (Phi) is 5.86. The van der Waals surface area contributed by atoms with E-state index in [1.807, 2.05) is 12.1 Å². The van der Waals surface area contributed by atoms with Gasteiger partial charge in [-0.15, -0.1) is 0 Å². The van der Waals surface area contributed by atoms with E-state index in [9.17, 15) is 9.59 Å². The zero-order chi connectivity index (χ0) is 18.5. The van der Waals surface area contributed by atoms with Gasteiger partial charge >= 0.3 is 5.97 Å². The summed E-state index contributed by atoms with van der Waals surface area (Å²) in [5.41, 5.74) is 1.44. The Hall–Kier alpha value is -2.43. The number of anilines is 1. The molecule has 2 aliphatic heterocycles. The van der Waals surface area contributed by atoms with E-state index in [4.69, 9.17) is 10.00 Å². The molecule has 0 spiro atoms. The van der Waals surface area contributed by atoms with Gasteiger partial charge in [0.2, 0.25) is 5.91 Å². The summed E-state index contributed by atoms with van der Waals surface area (Å²) >= 11 is 0. The summed E-state index contributed by atoms with van der Waals surface area (Å²) in [5, 5.41) is 8.88. The minimum atomic E-state index is -0.199. The Morgan fingerprint density at radius 3 is 2.46 bits per heavy atom. The molecule has 2 heterocycles. The van der Waals surface area contributed by atoms with Gasteiger partial charge in [-0.25, -0.2) is 0 Å². The number of rotatable bonds is 4. The lowest BCUT2D eigenvalue weighted by atomic mass is 10.0. The first kappa shape index (κ1) is 18.4. The molecule has 0 radical (unpaired) electrons. The fraction of sp³-hybridized carbons (Fsp3) is 0.526. The van der Waals surface area contributed by atoms with E-state index in [1.165, 1.54) is 7.11 Å². The Balaban J connectivity index is 1.52. The Morgan fingerprint density at radius 2 is 1.88 bits per heavy atom. The highest BCUT2D eigenvalue weighted by atomic mass is 16.5. The van der Waals surface area contributed by atoms with Gasteiger partial charge in [0.1, 0.15) is 0 Å². The van der Waals surface area contributed by atoms with Crippen LogP contribution < -0.4 is 4.90 Å². The van der Waals surface area contributed by atoms with Crippen LogP contribution in [-0.4, -0.2) is 74.1 Å². The fourth-order valence-corrected chi connectivity index (χ4v) is 3.68. The third kappa shape index (κ3) is 4.21. The van der Waals surface area contributed by atoms with Crippen LogP contribution in [-0.2, 0) is 14.3 Å². The van der Waals surface area contributed by atoms with Crippen molar-refractivity contribution in [1.82, 2.24) is 9.80 Å².